The lowest BCUT2D eigenvalue weighted by Crippen LogP contribution is -2.46. The van der Waals surface area contributed by atoms with Crippen LogP contribution in [0.4, 0.5) is 10.5 Å². The van der Waals surface area contributed by atoms with Gasteiger partial charge in [-0.15, -0.1) is 0 Å². The van der Waals surface area contributed by atoms with Gasteiger partial charge in [-0.25, -0.2) is 4.79 Å². The van der Waals surface area contributed by atoms with Crippen molar-refractivity contribution in [3.8, 4) is 0 Å². The van der Waals surface area contributed by atoms with Gasteiger partial charge in [-0.3, -0.25) is 4.79 Å². The second-order valence-electron chi connectivity index (χ2n) is 5.83. The Bertz CT molecular complexity index is 532. The number of nitrogens with zero attached hydrogens (tertiary/aromatic N) is 1. The predicted molar refractivity (Wildman–Crippen MR) is 82.3 cm³/mol. The largest absolute Gasteiger partial charge is 0.410 e. The number of rotatable bonds is 5. The third-order valence-electron chi connectivity index (χ3n) is 3.57. The Kier molecular flexibility index (Phi) is 5.03. The van der Waals surface area contributed by atoms with Crippen LogP contribution in [0.15, 0.2) is 30.3 Å². The number of aliphatic hydroxyl groups is 1. The van der Waals surface area contributed by atoms with Crippen molar-refractivity contribution >= 4 is 17.7 Å². The van der Waals surface area contributed by atoms with Crippen LogP contribution in [0.3, 0.4) is 0 Å². The van der Waals surface area contributed by atoms with E-state index in [1.54, 1.807) is 24.3 Å². The van der Waals surface area contributed by atoms with Gasteiger partial charge in [-0.1, -0.05) is 32.0 Å². The van der Waals surface area contributed by atoms with Crippen molar-refractivity contribution in [1.29, 1.82) is 0 Å². The van der Waals surface area contributed by atoms with Crippen LogP contribution in [-0.2, 0) is 9.53 Å². The molecule has 0 bridgehead atoms. The molecule has 0 aliphatic carbocycles. The lowest BCUT2D eigenvalue weighted by atomic mass is 10.1. The van der Waals surface area contributed by atoms with Crippen LogP contribution in [0, 0.1) is 5.92 Å². The normalized spacial score (nSPS) is 21.3. The zero-order chi connectivity index (χ0) is 16.2. The number of amides is 2. The van der Waals surface area contributed by atoms with Crippen LogP contribution in [0.2, 0.25) is 0 Å². The second kappa shape index (κ2) is 6.79. The van der Waals surface area contributed by atoms with Crippen molar-refractivity contribution in [2.75, 3.05) is 18.0 Å². The van der Waals surface area contributed by atoms with E-state index in [0.29, 0.717) is 24.7 Å². The second-order valence-corrected chi connectivity index (χ2v) is 5.83. The Hall–Kier alpha value is -2.08. The maximum Gasteiger partial charge on any atom is 0.410 e. The average Bonchev–Trinajstić information content (AvgIpc) is 2.75. The van der Waals surface area contributed by atoms with Gasteiger partial charge in [0.05, 0.1) is 0 Å². The number of para-hydroxylation sites is 1. The van der Waals surface area contributed by atoms with E-state index >= 15 is 0 Å². The Labute approximate surface area is 130 Å². The molecule has 0 saturated carbocycles. The number of nitrogens with one attached hydrogen (secondary N) is 1. The van der Waals surface area contributed by atoms with Gasteiger partial charge in [-0.05, 0) is 24.5 Å². The number of carbonyl (C=O) groups excluding carboxylic acids is 2. The van der Waals surface area contributed by atoms with E-state index in [4.69, 9.17) is 4.74 Å². The van der Waals surface area contributed by atoms with Crippen LogP contribution in [0.25, 0.3) is 0 Å². The molecule has 0 radical (unpaired) electrons. The number of alkyl carbamates (subject to hydrolysis) is 1. The molecule has 0 spiro atoms. The van der Waals surface area contributed by atoms with Crippen LogP contribution in [0.5, 0.6) is 0 Å². The minimum Gasteiger partial charge on any atom is -0.407 e. The molecule has 120 valence electrons. The van der Waals surface area contributed by atoms with Gasteiger partial charge < -0.3 is 20.1 Å². The van der Waals surface area contributed by atoms with Crippen molar-refractivity contribution in [3.63, 3.8) is 0 Å². The highest BCUT2D eigenvalue weighted by atomic mass is 16.7. The van der Waals surface area contributed by atoms with Crippen molar-refractivity contribution in [1.82, 2.24) is 5.32 Å². The van der Waals surface area contributed by atoms with Crippen LogP contribution in [-0.4, -0.2) is 36.0 Å². The highest BCUT2D eigenvalue weighted by molar-refractivity contribution is 6.01. The third kappa shape index (κ3) is 3.76. The molecular weight excluding hydrogens is 284 g/mol. The van der Waals surface area contributed by atoms with Crippen molar-refractivity contribution in [3.05, 3.63) is 30.3 Å². The number of hydrogen-bond acceptors (Lipinski definition) is 4. The molecule has 1 aromatic carbocycles. The fourth-order valence-corrected chi connectivity index (χ4v) is 2.28. The number of anilines is 1. The number of benzene rings is 1. The Balaban J connectivity index is 1.94. The summed E-state index contributed by atoms with van der Waals surface area (Å²) in [6.45, 7) is 4.83. The number of hydrogen-bond donors (Lipinski definition) is 2. The molecule has 1 aliphatic heterocycles. The van der Waals surface area contributed by atoms with Crippen LogP contribution >= 0.6 is 0 Å². The third-order valence-corrected chi connectivity index (χ3v) is 3.57. The Morgan fingerprint density at radius 1 is 1.41 bits per heavy atom. The smallest absolute Gasteiger partial charge is 0.407 e. The minimum atomic E-state index is -2.09. The molecule has 1 heterocycles. The first-order chi connectivity index (χ1) is 10.4. The lowest BCUT2D eigenvalue weighted by Gasteiger charge is -2.22. The SMILES string of the molecule is CC(C)CCNC(=O)O[C@@]1(O)CCN(c2ccccc2)C1=O. The first-order valence-corrected chi connectivity index (χ1v) is 7.48. The molecular formula is C16H22N2O4. The van der Waals surface area contributed by atoms with E-state index in [-0.39, 0.29) is 6.42 Å². The fourth-order valence-electron chi connectivity index (χ4n) is 2.28. The first kappa shape index (κ1) is 16.3. The average molecular weight is 306 g/mol. The van der Waals surface area contributed by atoms with E-state index in [2.05, 4.69) is 5.32 Å². The van der Waals surface area contributed by atoms with E-state index in [9.17, 15) is 14.7 Å². The molecule has 0 aromatic heterocycles. The molecule has 2 rings (SSSR count). The summed E-state index contributed by atoms with van der Waals surface area (Å²) in [6, 6.07) is 8.99. The predicted octanol–water partition coefficient (Wildman–Crippen LogP) is 1.88. The van der Waals surface area contributed by atoms with Gasteiger partial charge in [0.25, 0.3) is 11.7 Å². The summed E-state index contributed by atoms with van der Waals surface area (Å²) < 4.78 is 4.96. The fraction of sp³-hybridized carbons (Fsp3) is 0.500. The first-order valence-electron chi connectivity index (χ1n) is 7.48. The van der Waals surface area contributed by atoms with Gasteiger partial charge in [0, 0.05) is 25.2 Å². The standard InChI is InChI=1S/C16H22N2O4/c1-12(2)8-10-17-15(20)22-16(21)9-11-18(14(16)19)13-6-4-3-5-7-13/h3-7,12,21H,8-11H2,1-2H3,(H,17,20)/t16-/m0/s1. The Morgan fingerprint density at radius 3 is 2.73 bits per heavy atom. The number of carbonyl (C=O) groups is 2. The van der Waals surface area contributed by atoms with Gasteiger partial charge >= 0.3 is 6.09 Å². The number of ether oxygens (including phenoxy) is 1. The molecule has 2 amide bonds. The molecule has 1 fully saturated rings. The maximum atomic E-state index is 12.3. The zero-order valence-corrected chi connectivity index (χ0v) is 12.9. The van der Waals surface area contributed by atoms with Crippen LogP contribution < -0.4 is 10.2 Å². The topological polar surface area (TPSA) is 78.9 Å². The maximum absolute atomic E-state index is 12.3. The molecule has 6 nitrogen and oxygen atoms in total. The van der Waals surface area contributed by atoms with E-state index in [1.165, 1.54) is 4.90 Å². The van der Waals surface area contributed by atoms with Gasteiger partial charge in [0.15, 0.2) is 0 Å². The summed E-state index contributed by atoms with van der Waals surface area (Å²) >= 11 is 0. The monoisotopic (exact) mass is 306 g/mol. The quantitative estimate of drug-likeness (QED) is 0.814. The summed E-state index contributed by atoms with van der Waals surface area (Å²) in [4.78, 5) is 25.4. The lowest BCUT2D eigenvalue weighted by molar-refractivity contribution is -0.175. The summed E-state index contributed by atoms with van der Waals surface area (Å²) in [5, 5.41) is 12.8. The van der Waals surface area contributed by atoms with Crippen LogP contribution in [0.1, 0.15) is 26.7 Å². The van der Waals surface area contributed by atoms with Crippen molar-refractivity contribution in [2.45, 2.75) is 32.5 Å². The van der Waals surface area contributed by atoms with E-state index in [1.807, 2.05) is 19.9 Å². The summed E-state index contributed by atoms with van der Waals surface area (Å²) in [7, 11) is 0. The summed E-state index contributed by atoms with van der Waals surface area (Å²) in [5.74, 6) is -2.25. The zero-order valence-electron chi connectivity index (χ0n) is 12.9. The molecule has 0 unspecified atom stereocenters. The van der Waals surface area contributed by atoms with Gasteiger partial charge in [0.1, 0.15) is 0 Å². The van der Waals surface area contributed by atoms with Gasteiger partial charge in [-0.2, -0.15) is 0 Å². The summed E-state index contributed by atoms with van der Waals surface area (Å²) in [6.07, 6.45) is 0.0852. The van der Waals surface area contributed by atoms with E-state index < -0.39 is 17.8 Å². The highest BCUT2D eigenvalue weighted by Gasteiger charge is 2.49. The Morgan fingerprint density at radius 2 is 2.09 bits per heavy atom. The summed E-state index contributed by atoms with van der Waals surface area (Å²) in [5.41, 5.74) is 0.673. The molecule has 1 aromatic rings. The molecule has 2 N–H and O–H groups in total. The van der Waals surface area contributed by atoms with Crippen molar-refractivity contribution in [2.24, 2.45) is 5.92 Å². The molecule has 1 atom stereocenters. The van der Waals surface area contributed by atoms with Gasteiger partial charge in [0.2, 0.25) is 0 Å². The van der Waals surface area contributed by atoms with Crippen molar-refractivity contribution < 1.29 is 19.4 Å². The molecule has 22 heavy (non-hydrogen) atoms. The molecule has 1 aliphatic rings. The van der Waals surface area contributed by atoms with E-state index in [0.717, 1.165) is 6.42 Å². The minimum absolute atomic E-state index is 0.0539. The molecule has 6 heteroatoms. The molecule has 1 saturated heterocycles. The highest BCUT2D eigenvalue weighted by Crippen LogP contribution is 2.29.